The Morgan fingerprint density at radius 2 is 2.06 bits per heavy atom. The molecule has 4 rings (SSSR count). The number of ketones is 1. The lowest BCUT2D eigenvalue weighted by molar-refractivity contribution is -0.0341. The number of methoxy groups -OCH3 is 1. The van der Waals surface area contributed by atoms with Crippen molar-refractivity contribution in [3.05, 3.63) is 77.1 Å². The van der Waals surface area contributed by atoms with Gasteiger partial charge >= 0.3 is 0 Å². The predicted molar refractivity (Wildman–Crippen MR) is 135 cm³/mol. The van der Waals surface area contributed by atoms with Gasteiger partial charge in [0.25, 0.3) is 0 Å². The number of hydrogen-bond donors (Lipinski definition) is 1. The largest absolute Gasteiger partial charge is 0.481 e. The van der Waals surface area contributed by atoms with Crippen molar-refractivity contribution in [2.75, 3.05) is 20.3 Å². The van der Waals surface area contributed by atoms with Crippen LogP contribution in [0.4, 0.5) is 0 Å². The van der Waals surface area contributed by atoms with E-state index in [-0.39, 0.29) is 24.2 Å². The SMILES string of the molecule is COc1nc(C(=O)C/C=C/CC2COCC[C@@H]2O)cc(Cc2ccc(-c3ccn(C)n3)cc2)c1C. The number of carbonyl (C=O) groups excluding carboxylic acids is 1. The van der Waals surface area contributed by atoms with E-state index in [4.69, 9.17) is 9.47 Å². The smallest absolute Gasteiger partial charge is 0.216 e. The summed E-state index contributed by atoms with van der Waals surface area (Å²) in [6, 6.07) is 12.2. The summed E-state index contributed by atoms with van der Waals surface area (Å²) in [4.78, 5) is 17.3. The fraction of sp³-hybridized carbons (Fsp3) is 0.393. The van der Waals surface area contributed by atoms with Gasteiger partial charge in [-0.1, -0.05) is 36.4 Å². The molecule has 0 bridgehead atoms. The van der Waals surface area contributed by atoms with E-state index >= 15 is 0 Å². The van der Waals surface area contributed by atoms with Crippen molar-refractivity contribution in [2.24, 2.45) is 13.0 Å². The molecule has 0 spiro atoms. The molecule has 35 heavy (non-hydrogen) atoms. The summed E-state index contributed by atoms with van der Waals surface area (Å²) in [5.41, 5.74) is 5.48. The summed E-state index contributed by atoms with van der Waals surface area (Å²) < 4.78 is 12.7. The third kappa shape index (κ3) is 6.24. The first kappa shape index (κ1) is 24.8. The van der Waals surface area contributed by atoms with E-state index in [2.05, 4.69) is 34.3 Å². The van der Waals surface area contributed by atoms with Gasteiger partial charge < -0.3 is 14.6 Å². The summed E-state index contributed by atoms with van der Waals surface area (Å²) in [5.74, 6) is 0.498. The van der Waals surface area contributed by atoms with Gasteiger partial charge in [-0.3, -0.25) is 9.48 Å². The Bertz CT molecular complexity index is 1180. The highest BCUT2D eigenvalue weighted by molar-refractivity contribution is 5.95. The lowest BCUT2D eigenvalue weighted by Crippen LogP contribution is -2.31. The number of benzene rings is 1. The van der Waals surface area contributed by atoms with Crippen molar-refractivity contribution >= 4 is 5.78 Å². The summed E-state index contributed by atoms with van der Waals surface area (Å²) in [6.07, 6.45) is 7.68. The van der Waals surface area contributed by atoms with E-state index in [1.165, 1.54) is 0 Å². The number of rotatable bonds is 9. The minimum absolute atomic E-state index is 0.0632. The number of ether oxygens (including phenoxy) is 2. The molecule has 7 nitrogen and oxygen atoms in total. The van der Waals surface area contributed by atoms with Gasteiger partial charge in [-0.15, -0.1) is 0 Å². The van der Waals surface area contributed by atoms with Crippen molar-refractivity contribution < 1.29 is 19.4 Å². The molecule has 0 saturated carbocycles. The second-order valence-electron chi connectivity index (χ2n) is 9.07. The van der Waals surface area contributed by atoms with Gasteiger partial charge in [0.1, 0.15) is 5.69 Å². The quantitative estimate of drug-likeness (QED) is 0.367. The highest BCUT2D eigenvalue weighted by atomic mass is 16.5. The second kappa shape index (κ2) is 11.4. The molecule has 0 aliphatic carbocycles. The van der Waals surface area contributed by atoms with Gasteiger partial charge in [0.2, 0.25) is 5.88 Å². The Labute approximate surface area is 206 Å². The Kier molecular flexibility index (Phi) is 8.10. The fourth-order valence-corrected chi connectivity index (χ4v) is 4.32. The first-order valence-electron chi connectivity index (χ1n) is 12.0. The molecule has 1 fully saturated rings. The van der Waals surface area contributed by atoms with Crippen molar-refractivity contribution in [1.82, 2.24) is 14.8 Å². The first-order valence-corrected chi connectivity index (χ1v) is 12.0. The number of aliphatic hydroxyl groups is 1. The van der Waals surface area contributed by atoms with Crippen LogP contribution in [0.2, 0.25) is 0 Å². The topological polar surface area (TPSA) is 86.5 Å². The van der Waals surface area contributed by atoms with Gasteiger partial charge in [0.05, 0.1) is 25.5 Å². The van der Waals surface area contributed by atoms with Crippen LogP contribution in [-0.4, -0.2) is 52.1 Å². The summed E-state index contributed by atoms with van der Waals surface area (Å²) in [7, 11) is 3.48. The molecule has 1 unspecified atom stereocenters. The molecule has 7 heteroatoms. The van der Waals surface area contributed by atoms with Crippen molar-refractivity contribution in [1.29, 1.82) is 0 Å². The molecule has 2 atom stereocenters. The van der Waals surface area contributed by atoms with Crippen molar-refractivity contribution in [2.45, 2.75) is 38.7 Å². The average Bonchev–Trinajstić information content (AvgIpc) is 3.30. The van der Waals surface area contributed by atoms with Crippen LogP contribution in [0.3, 0.4) is 0 Å². The zero-order valence-electron chi connectivity index (χ0n) is 20.6. The maximum absolute atomic E-state index is 12.9. The van der Waals surface area contributed by atoms with Crippen LogP contribution < -0.4 is 4.74 Å². The van der Waals surface area contributed by atoms with Gasteiger partial charge in [0.15, 0.2) is 5.78 Å². The van der Waals surface area contributed by atoms with E-state index in [0.717, 1.165) is 27.9 Å². The number of aromatic nitrogens is 3. The number of carbonyl (C=O) groups is 1. The number of hydrogen-bond acceptors (Lipinski definition) is 6. The third-order valence-corrected chi connectivity index (χ3v) is 6.52. The summed E-state index contributed by atoms with van der Waals surface area (Å²) in [5, 5.41) is 14.5. The van der Waals surface area contributed by atoms with Crippen molar-refractivity contribution in [3.8, 4) is 17.1 Å². The van der Waals surface area contributed by atoms with Gasteiger partial charge in [-0.2, -0.15) is 5.10 Å². The monoisotopic (exact) mass is 475 g/mol. The highest BCUT2D eigenvalue weighted by Gasteiger charge is 2.22. The van der Waals surface area contributed by atoms with Gasteiger partial charge in [-0.05, 0) is 49.4 Å². The molecular formula is C28H33N3O4. The number of aryl methyl sites for hydroxylation is 1. The molecule has 3 aromatic rings. The zero-order valence-corrected chi connectivity index (χ0v) is 20.6. The van der Waals surface area contributed by atoms with E-state index in [1.807, 2.05) is 44.5 Å². The van der Waals surface area contributed by atoms with Crippen LogP contribution in [0.1, 0.15) is 46.4 Å². The molecule has 1 saturated heterocycles. The second-order valence-corrected chi connectivity index (χ2v) is 9.07. The molecule has 1 aromatic carbocycles. The summed E-state index contributed by atoms with van der Waals surface area (Å²) in [6.45, 7) is 3.13. The first-order chi connectivity index (χ1) is 16.9. The van der Waals surface area contributed by atoms with Gasteiger partial charge in [-0.25, -0.2) is 4.98 Å². The zero-order chi connectivity index (χ0) is 24.8. The number of aliphatic hydroxyl groups excluding tert-OH is 1. The molecule has 1 N–H and O–H groups in total. The normalized spacial score (nSPS) is 18.2. The molecule has 0 amide bonds. The maximum Gasteiger partial charge on any atom is 0.216 e. The molecule has 1 aliphatic rings. The highest BCUT2D eigenvalue weighted by Crippen LogP contribution is 2.25. The maximum atomic E-state index is 12.9. The lowest BCUT2D eigenvalue weighted by atomic mass is 9.95. The lowest BCUT2D eigenvalue weighted by Gasteiger charge is -2.26. The number of Topliss-reactive ketones (excluding diaryl/α,β-unsaturated/α-hetero) is 1. The fourth-order valence-electron chi connectivity index (χ4n) is 4.32. The Morgan fingerprint density at radius 1 is 1.26 bits per heavy atom. The third-order valence-electron chi connectivity index (χ3n) is 6.52. The van der Waals surface area contributed by atoms with E-state index < -0.39 is 0 Å². The van der Waals surface area contributed by atoms with Crippen LogP contribution in [0.25, 0.3) is 11.3 Å². The Balaban J connectivity index is 1.44. The van der Waals surface area contributed by atoms with E-state index in [0.29, 0.717) is 44.1 Å². The minimum atomic E-state index is -0.340. The average molecular weight is 476 g/mol. The van der Waals surface area contributed by atoms with Crippen LogP contribution in [0.15, 0.2) is 54.7 Å². The number of nitrogens with zero attached hydrogens (tertiary/aromatic N) is 3. The van der Waals surface area contributed by atoms with Crippen LogP contribution in [0.5, 0.6) is 5.88 Å². The molecule has 0 radical (unpaired) electrons. The molecule has 1 aliphatic heterocycles. The predicted octanol–water partition coefficient (Wildman–Crippen LogP) is 4.31. The van der Waals surface area contributed by atoms with Crippen LogP contribution in [0, 0.1) is 12.8 Å². The Morgan fingerprint density at radius 3 is 2.74 bits per heavy atom. The van der Waals surface area contributed by atoms with Crippen LogP contribution in [-0.2, 0) is 18.2 Å². The number of pyridine rings is 1. The van der Waals surface area contributed by atoms with E-state index in [9.17, 15) is 9.90 Å². The number of allylic oxidation sites excluding steroid dienone is 2. The van der Waals surface area contributed by atoms with Crippen molar-refractivity contribution in [3.63, 3.8) is 0 Å². The summed E-state index contributed by atoms with van der Waals surface area (Å²) >= 11 is 0. The Hall–Kier alpha value is -3.29. The van der Waals surface area contributed by atoms with Gasteiger partial charge in [0, 0.05) is 43.3 Å². The minimum Gasteiger partial charge on any atom is -0.481 e. The molecule has 184 valence electrons. The van der Waals surface area contributed by atoms with E-state index in [1.54, 1.807) is 11.8 Å². The molecule has 3 heterocycles. The molecule has 2 aromatic heterocycles. The standard InChI is InChI=1S/C28H33N3O4/c1-19-23(16-20-8-10-21(11-9-20)24-12-14-31(2)30-24)17-25(29-28(19)34-3)27(33)7-5-4-6-22-18-35-15-13-26(22)32/h4-5,8-12,14,17,22,26,32H,6-7,13,15-16,18H2,1-3H3/b5-4+/t22?,26-/m0/s1. The molecular weight excluding hydrogens is 442 g/mol. The van der Waals surface area contributed by atoms with Crippen LogP contribution >= 0.6 is 0 Å².